The third kappa shape index (κ3) is 4.37. The zero-order chi connectivity index (χ0) is 20.1. The molecule has 0 aliphatic heterocycles. The Morgan fingerprint density at radius 2 is 1.82 bits per heavy atom. The van der Waals surface area contributed by atoms with E-state index in [2.05, 4.69) is 5.10 Å². The number of aromatic nitrogens is 2. The Balaban J connectivity index is 1.64. The summed E-state index contributed by atoms with van der Waals surface area (Å²) in [5, 5.41) is 15.9. The molecular weight excluding hydrogens is 360 g/mol. The molecule has 1 N–H and O–H groups in total. The number of aliphatic hydroxyl groups is 1. The van der Waals surface area contributed by atoms with Crippen molar-refractivity contribution in [2.75, 3.05) is 13.2 Å². The maximum absolute atomic E-state index is 12.5. The van der Waals surface area contributed by atoms with Crippen molar-refractivity contribution >= 4 is 16.7 Å². The molecule has 0 saturated carbocycles. The van der Waals surface area contributed by atoms with Crippen molar-refractivity contribution in [3.63, 3.8) is 0 Å². The van der Waals surface area contributed by atoms with Gasteiger partial charge in [0.2, 0.25) is 0 Å². The molecule has 2 aromatic carbocycles. The lowest BCUT2D eigenvalue weighted by atomic mass is 10.1. The standard InChI is InChI=1S/C21H22N2O5/c1-3-27-21(26)15-8-10-17(11-9-15)28-13-16(24)12-23-20(25)19-7-5-4-6-18(19)14(2)22-23/h4-11,16,24H,3,12-13H2,1-2H3/t16-/m0/s1. The highest BCUT2D eigenvalue weighted by molar-refractivity contribution is 5.89. The van der Waals surface area contributed by atoms with Crippen LogP contribution in [0, 0.1) is 6.92 Å². The first-order valence-electron chi connectivity index (χ1n) is 9.04. The van der Waals surface area contributed by atoms with Gasteiger partial charge < -0.3 is 14.6 Å². The predicted molar refractivity (Wildman–Crippen MR) is 105 cm³/mol. The first-order valence-corrected chi connectivity index (χ1v) is 9.04. The van der Waals surface area contributed by atoms with Gasteiger partial charge in [0, 0.05) is 5.39 Å². The number of fused-ring (bicyclic) bond motifs is 1. The summed E-state index contributed by atoms with van der Waals surface area (Å²) in [7, 11) is 0. The third-order valence-corrected chi connectivity index (χ3v) is 4.24. The molecule has 1 heterocycles. The maximum Gasteiger partial charge on any atom is 0.338 e. The van der Waals surface area contributed by atoms with Crippen molar-refractivity contribution in [2.24, 2.45) is 0 Å². The van der Waals surface area contributed by atoms with Crippen molar-refractivity contribution in [2.45, 2.75) is 26.5 Å². The minimum absolute atomic E-state index is 0.0151. The summed E-state index contributed by atoms with van der Waals surface area (Å²) in [6.45, 7) is 3.88. The van der Waals surface area contributed by atoms with E-state index >= 15 is 0 Å². The summed E-state index contributed by atoms with van der Waals surface area (Å²) in [5.41, 5.74) is 0.897. The molecule has 0 unspecified atom stereocenters. The zero-order valence-electron chi connectivity index (χ0n) is 15.8. The summed E-state index contributed by atoms with van der Waals surface area (Å²) in [4.78, 5) is 24.2. The summed E-state index contributed by atoms with van der Waals surface area (Å²) in [5.74, 6) is 0.105. The average Bonchev–Trinajstić information content (AvgIpc) is 2.71. The van der Waals surface area contributed by atoms with E-state index in [9.17, 15) is 14.7 Å². The molecule has 0 bridgehead atoms. The Morgan fingerprint density at radius 1 is 1.14 bits per heavy atom. The molecule has 0 aliphatic rings. The minimum Gasteiger partial charge on any atom is -0.491 e. The number of benzene rings is 2. The van der Waals surface area contributed by atoms with Gasteiger partial charge in [0.1, 0.15) is 18.5 Å². The van der Waals surface area contributed by atoms with Crippen LogP contribution < -0.4 is 10.3 Å². The number of aryl methyl sites for hydroxylation is 1. The third-order valence-electron chi connectivity index (χ3n) is 4.24. The SMILES string of the molecule is CCOC(=O)c1ccc(OC[C@@H](O)Cn2nc(C)c3ccccc3c2=O)cc1. The summed E-state index contributed by atoms with van der Waals surface area (Å²) >= 11 is 0. The number of rotatable bonds is 7. The van der Waals surface area contributed by atoms with Crippen molar-refractivity contribution in [3.05, 3.63) is 70.1 Å². The molecular formula is C21H22N2O5. The number of esters is 1. The number of carbonyl (C=O) groups excluding carboxylic acids is 1. The summed E-state index contributed by atoms with van der Waals surface area (Å²) in [6, 6.07) is 13.7. The van der Waals surface area contributed by atoms with Crippen LogP contribution in [0.2, 0.25) is 0 Å². The smallest absolute Gasteiger partial charge is 0.338 e. The van der Waals surface area contributed by atoms with Gasteiger partial charge in [-0.1, -0.05) is 18.2 Å². The van der Waals surface area contributed by atoms with Gasteiger partial charge in [0.15, 0.2) is 0 Å². The lowest BCUT2D eigenvalue weighted by Crippen LogP contribution is -2.32. The van der Waals surface area contributed by atoms with E-state index in [0.29, 0.717) is 23.3 Å². The Hall–Kier alpha value is -3.19. The molecule has 1 atom stereocenters. The van der Waals surface area contributed by atoms with Crippen molar-refractivity contribution in [3.8, 4) is 5.75 Å². The van der Waals surface area contributed by atoms with Crippen LogP contribution in [0.25, 0.3) is 10.8 Å². The van der Waals surface area contributed by atoms with Crippen LogP contribution in [0.5, 0.6) is 5.75 Å². The van der Waals surface area contributed by atoms with Crippen LogP contribution in [-0.4, -0.2) is 40.2 Å². The molecule has 0 saturated heterocycles. The molecule has 0 fully saturated rings. The Labute approximate surface area is 162 Å². The first-order chi connectivity index (χ1) is 13.5. The van der Waals surface area contributed by atoms with Crippen LogP contribution in [0.3, 0.4) is 0 Å². The Bertz CT molecular complexity index is 1030. The number of hydrogen-bond acceptors (Lipinski definition) is 6. The zero-order valence-corrected chi connectivity index (χ0v) is 15.8. The first kappa shape index (κ1) is 19.6. The maximum atomic E-state index is 12.5. The number of carbonyl (C=O) groups is 1. The van der Waals surface area contributed by atoms with Crippen LogP contribution in [-0.2, 0) is 11.3 Å². The molecule has 0 spiro atoms. The van der Waals surface area contributed by atoms with Gasteiger partial charge in [-0.15, -0.1) is 0 Å². The lowest BCUT2D eigenvalue weighted by molar-refractivity contribution is 0.0526. The molecule has 146 valence electrons. The van der Waals surface area contributed by atoms with E-state index in [1.165, 1.54) is 4.68 Å². The fourth-order valence-corrected chi connectivity index (χ4v) is 2.87. The van der Waals surface area contributed by atoms with Crippen molar-refractivity contribution in [1.29, 1.82) is 0 Å². The Kier molecular flexibility index (Phi) is 6.06. The molecule has 7 nitrogen and oxygen atoms in total. The number of hydrogen-bond donors (Lipinski definition) is 1. The van der Waals surface area contributed by atoms with E-state index in [1.807, 2.05) is 19.1 Å². The normalized spacial score (nSPS) is 12.0. The fraction of sp³-hybridized carbons (Fsp3) is 0.286. The van der Waals surface area contributed by atoms with Gasteiger partial charge in [-0.05, 0) is 44.2 Å². The van der Waals surface area contributed by atoms with E-state index in [0.717, 1.165) is 11.1 Å². The second-order valence-electron chi connectivity index (χ2n) is 6.33. The molecule has 0 amide bonds. The fourth-order valence-electron chi connectivity index (χ4n) is 2.87. The van der Waals surface area contributed by atoms with E-state index in [4.69, 9.17) is 9.47 Å². The highest BCUT2D eigenvalue weighted by Crippen LogP contribution is 2.14. The Morgan fingerprint density at radius 3 is 2.50 bits per heavy atom. The van der Waals surface area contributed by atoms with E-state index in [-0.39, 0.29) is 18.7 Å². The van der Waals surface area contributed by atoms with Crippen LogP contribution in [0.4, 0.5) is 0 Å². The van der Waals surface area contributed by atoms with Crippen LogP contribution in [0.15, 0.2) is 53.3 Å². The molecule has 1 aromatic heterocycles. The second kappa shape index (κ2) is 8.67. The van der Waals surface area contributed by atoms with E-state index < -0.39 is 12.1 Å². The minimum atomic E-state index is -0.921. The second-order valence-corrected chi connectivity index (χ2v) is 6.33. The molecule has 3 rings (SSSR count). The van der Waals surface area contributed by atoms with Gasteiger partial charge in [0.25, 0.3) is 5.56 Å². The van der Waals surface area contributed by atoms with Gasteiger partial charge in [0.05, 0.1) is 29.8 Å². The van der Waals surface area contributed by atoms with E-state index in [1.54, 1.807) is 43.3 Å². The highest BCUT2D eigenvalue weighted by Gasteiger charge is 2.13. The monoisotopic (exact) mass is 382 g/mol. The largest absolute Gasteiger partial charge is 0.491 e. The molecule has 0 aliphatic carbocycles. The van der Waals surface area contributed by atoms with Gasteiger partial charge >= 0.3 is 5.97 Å². The number of nitrogens with zero attached hydrogens (tertiary/aromatic N) is 2. The number of aliphatic hydroxyl groups excluding tert-OH is 1. The predicted octanol–water partition coefficient (Wildman–Crippen LogP) is 2.32. The van der Waals surface area contributed by atoms with Crippen molar-refractivity contribution in [1.82, 2.24) is 9.78 Å². The van der Waals surface area contributed by atoms with Crippen LogP contribution in [0.1, 0.15) is 23.0 Å². The topological polar surface area (TPSA) is 90.7 Å². The summed E-state index contributed by atoms with van der Waals surface area (Å²) in [6.07, 6.45) is -0.921. The van der Waals surface area contributed by atoms with Gasteiger partial charge in [-0.2, -0.15) is 5.10 Å². The van der Waals surface area contributed by atoms with Gasteiger partial charge in [-0.25, -0.2) is 9.48 Å². The molecule has 0 radical (unpaired) electrons. The molecule has 28 heavy (non-hydrogen) atoms. The molecule has 7 heteroatoms. The average molecular weight is 382 g/mol. The highest BCUT2D eigenvalue weighted by atomic mass is 16.5. The quantitative estimate of drug-likeness (QED) is 0.631. The van der Waals surface area contributed by atoms with Crippen molar-refractivity contribution < 1.29 is 19.4 Å². The number of ether oxygens (including phenoxy) is 2. The molecule has 3 aromatic rings. The summed E-state index contributed by atoms with van der Waals surface area (Å²) < 4.78 is 11.7. The van der Waals surface area contributed by atoms with Gasteiger partial charge in [-0.3, -0.25) is 4.79 Å². The lowest BCUT2D eigenvalue weighted by Gasteiger charge is -2.14. The van der Waals surface area contributed by atoms with Crippen LogP contribution >= 0.6 is 0 Å².